The summed E-state index contributed by atoms with van der Waals surface area (Å²) < 4.78 is 10.9. The molecule has 0 aliphatic carbocycles. The number of benzene rings is 2. The van der Waals surface area contributed by atoms with Crippen molar-refractivity contribution in [3.05, 3.63) is 83.9 Å². The van der Waals surface area contributed by atoms with E-state index in [1.165, 1.54) is 0 Å². The van der Waals surface area contributed by atoms with Crippen molar-refractivity contribution in [1.82, 2.24) is 10.6 Å². The topological polar surface area (TPSA) is 114 Å². The lowest BCUT2D eigenvalue weighted by molar-refractivity contribution is -0.150. The van der Waals surface area contributed by atoms with E-state index in [1.807, 2.05) is 72.8 Å². The second kappa shape index (κ2) is 16.4. The predicted molar refractivity (Wildman–Crippen MR) is 144 cm³/mol. The van der Waals surface area contributed by atoms with E-state index in [0.717, 1.165) is 11.1 Å². The summed E-state index contributed by atoms with van der Waals surface area (Å²) in [5.41, 5.74) is 2.07. The monoisotopic (exact) mass is 522 g/mol. The molecule has 38 heavy (non-hydrogen) atoms. The summed E-state index contributed by atoms with van der Waals surface area (Å²) in [6.45, 7) is 0.779. The number of hydrogen-bond acceptors (Lipinski definition) is 6. The molecule has 0 bridgehead atoms. The summed E-state index contributed by atoms with van der Waals surface area (Å²) in [5, 5.41) is 14.6. The minimum absolute atomic E-state index is 0.0292. The third-order valence-electron chi connectivity index (χ3n) is 6.37. The molecular formula is C30H38N2O6. The van der Waals surface area contributed by atoms with E-state index in [2.05, 4.69) is 10.6 Å². The fourth-order valence-electron chi connectivity index (χ4n) is 4.36. The number of esters is 1. The van der Waals surface area contributed by atoms with Crippen molar-refractivity contribution >= 4 is 17.8 Å². The highest BCUT2D eigenvalue weighted by molar-refractivity contribution is 5.86. The lowest BCUT2D eigenvalue weighted by Gasteiger charge is -2.24. The molecule has 1 heterocycles. The Bertz CT molecular complexity index is 1030. The van der Waals surface area contributed by atoms with Crippen LogP contribution in [0.15, 0.2) is 72.8 Å². The number of carbonyl (C=O) groups is 3. The first kappa shape index (κ1) is 29.1. The minimum Gasteiger partial charge on any atom is -0.463 e. The number of cyclic esters (lactones) is 1. The zero-order chi connectivity index (χ0) is 27.0. The number of allylic oxidation sites excluding steroid dienone is 2. The fourth-order valence-corrected chi connectivity index (χ4v) is 4.36. The second-order valence-corrected chi connectivity index (χ2v) is 9.44. The normalized spacial score (nSPS) is 20.5. The molecule has 3 atom stereocenters. The van der Waals surface area contributed by atoms with Gasteiger partial charge in [0, 0.05) is 13.0 Å². The average molecular weight is 523 g/mol. The zero-order valence-corrected chi connectivity index (χ0v) is 21.7. The molecule has 0 aromatic heterocycles. The first-order valence-electron chi connectivity index (χ1n) is 13.2. The molecule has 1 aliphatic rings. The SMILES string of the molecule is O=C(C[C@H]1CC=CC[C@H](Cc2ccccc2)C(=O)OC[C@@H](Cc2ccccc2)NC1=O)NCCOCCO. The highest BCUT2D eigenvalue weighted by atomic mass is 16.5. The number of aliphatic hydroxyl groups excluding tert-OH is 1. The zero-order valence-electron chi connectivity index (χ0n) is 21.7. The van der Waals surface area contributed by atoms with E-state index in [1.54, 1.807) is 0 Å². The van der Waals surface area contributed by atoms with E-state index in [-0.39, 0.29) is 56.5 Å². The van der Waals surface area contributed by atoms with Gasteiger partial charge < -0.3 is 25.2 Å². The van der Waals surface area contributed by atoms with Crippen LogP contribution in [0.1, 0.15) is 30.4 Å². The number of nitrogens with one attached hydrogen (secondary N) is 2. The maximum atomic E-state index is 13.3. The molecular weight excluding hydrogens is 484 g/mol. The Labute approximate surface area is 224 Å². The van der Waals surface area contributed by atoms with Crippen LogP contribution in [0.2, 0.25) is 0 Å². The van der Waals surface area contributed by atoms with Gasteiger partial charge in [-0.1, -0.05) is 72.8 Å². The molecule has 8 heteroatoms. The molecule has 3 N–H and O–H groups in total. The maximum absolute atomic E-state index is 13.3. The van der Waals surface area contributed by atoms with Crippen LogP contribution >= 0.6 is 0 Å². The van der Waals surface area contributed by atoms with Gasteiger partial charge in [-0.3, -0.25) is 14.4 Å². The van der Waals surface area contributed by atoms with Crippen LogP contribution in [0.25, 0.3) is 0 Å². The third-order valence-corrected chi connectivity index (χ3v) is 6.37. The number of aliphatic hydroxyl groups is 1. The third kappa shape index (κ3) is 10.5. The van der Waals surface area contributed by atoms with E-state index >= 15 is 0 Å². The van der Waals surface area contributed by atoms with Crippen LogP contribution in [0, 0.1) is 11.8 Å². The van der Waals surface area contributed by atoms with Crippen LogP contribution in [0.5, 0.6) is 0 Å². The average Bonchev–Trinajstić information content (AvgIpc) is 2.93. The molecule has 204 valence electrons. The van der Waals surface area contributed by atoms with Crippen molar-refractivity contribution in [2.24, 2.45) is 11.8 Å². The van der Waals surface area contributed by atoms with Crippen molar-refractivity contribution in [2.45, 2.75) is 38.1 Å². The number of carbonyl (C=O) groups excluding carboxylic acids is 3. The Morgan fingerprint density at radius 3 is 2.21 bits per heavy atom. The van der Waals surface area contributed by atoms with Crippen LogP contribution < -0.4 is 10.6 Å². The van der Waals surface area contributed by atoms with E-state index in [9.17, 15) is 14.4 Å². The molecule has 2 aromatic rings. The molecule has 0 unspecified atom stereocenters. The molecule has 3 rings (SSSR count). The number of rotatable bonds is 11. The Morgan fingerprint density at radius 2 is 1.55 bits per heavy atom. The fraction of sp³-hybridized carbons (Fsp3) is 0.433. The number of amides is 2. The molecule has 1 aliphatic heterocycles. The number of ether oxygens (including phenoxy) is 2. The van der Waals surface area contributed by atoms with Crippen molar-refractivity contribution in [1.29, 1.82) is 0 Å². The quantitative estimate of drug-likeness (QED) is 0.238. The summed E-state index contributed by atoms with van der Waals surface area (Å²) in [6.07, 6.45) is 5.73. The van der Waals surface area contributed by atoms with E-state index in [0.29, 0.717) is 32.2 Å². The van der Waals surface area contributed by atoms with Gasteiger partial charge in [-0.2, -0.15) is 0 Å². The molecule has 0 saturated heterocycles. The minimum atomic E-state index is -0.564. The largest absolute Gasteiger partial charge is 0.463 e. The Morgan fingerprint density at radius 1 is 0.921 bits per heavy atom. The van der Waals surface area contributed by atoms with Crippen molar-refractivity contribution in [3.8, 4) is 0 Å². The molecule has 0 spiro atoms. The van der Waals surface area contributed by atoms with Gasteiger partial charge in [0.15, 0.2) is 0 Å². The van der Waals surface area contributed by atoms with Gasteiger partial charge in [0.2, 0.25) is 11.8 Å². The highest BCUT2D eigenvalue weighted by Gasteiger charge is 2.27. The molecule has 0 saturated carbocycles. The molecule has 2 aromatic carbocycles. The summed E-state index contributed by atoms with van der Waals surface area (Å²) in [7, 11) is 0. The van der Waals surface area contributed by atoms with Gasteiger partial charge in [-0.15, -0.1) is 0 Å². The van der Waals surface area contributed by atoms with Crippen LogP contribution in [-0.4, -0.2) is 61.9 Å². The van der Waals surface area contributed by atoms with Crippen LogP contribution in [-0.2, 0) is 36.7 Å². The highest BCUT2D eigenvalue weighted by Crippen LogP contribution is 2.19. The van der Waals surface area contributed by atoms with Crippen molar-refractivity contribution in [2.75, 3.05) is 33.0 Å². The van der Waals surface area contributed by atoms with Gasteiger partial charge in [-0.25, -0.2) is 0 Å². The summed E-state index contributed by atoms with van der Waals surface area (Å²) >= 11 is 0. The Balaban J connectivity index is 1.71. The first-order chi connectivity index (χ1) is 18.5. The van der Waals surface area contributed by atoms with E-state index < -0.39 is 12.0 Å². The molecule has 0 fully saturated rings. The van der Waals surface area contributed by atoms with Crippen LogP contribution in [0.4, 0.5) is 0 Å². The standard InChI is InChI=1S/C30H38N2O6/c33-16-18-37-17-15-31-28(34)21-25-13-7-8-14-26(19-23-9-3-1-4-10-23)30(36)38-22-27(32-29(25)35)20-24-11-5-2-6-12-24/h1-12,25-27,33H,13-22H2,(H,31,34)(H,32,35)/t25-,26-,27-/m1/s1. The second-order valence-electron chi connectivity index (χ2n) is 9.44. The summed E-state index contributed by atoms with van der Waals surface area (Å²) in [6, 6.07) is 19.1. The smallest absolute Gasteiger partial charge is 0.309 e. The van der Waals surface area contributed by atoms with Crippen molar-refractivity contribution < 1.29 is 29.0 Å². The van der Waals surface area contributed by atoms with Gasteiger partial charge in [0.05, 0.1) is 37.7 Å². The Hall–Kier alpha value is -3.49. The predicted octanol–water partition coefficient (Wildman–Crippen LogP) is 2.60. The lowest BCUT2D eigenvalue weighted by atomic mass is 9.94. The van der Waals surface area contributed by atoms with Gasteiger partial charge in [0.1, 0.15) is 6.61 Å². The summed E-state index contributed by atoms with van der Waals surface area (Å²) in [4.78, 5) is 38.8. The molecule has 2 amide bonds. The van der Waals surface area contributed by atoms with Crippen molar-refractivity contribution in [3.63, 3.8) is 0 Å². The summed E-state index contributed by atoms with van der Waals surface area (Å²) in [5.74, 6) is -1.69. The first-order valence-corrected chi connectivity index (χ1v) is 13.2. The Kier molecular flexibility index (Phi) is 12.5. The van der Waals surface area contributed by atoms with Gasteiger partial charge in [0.25, 0.3) is 0 Å². The lowest BCUT2D eigenvalue weighted by Crippen LogP contribution is -2.45. The molecule has 8 nitrogen and oxygen atoms in total. The van der Waals surface area contributed by atoms with E-state index in [4.69, 9.17) is 14.6 Å². The number of hydrogen-bond donors (Lipinski definition) is 3. The van der Waals surface area contributed by atoms with Crippen LogP contribution in [0.3, 0.4) is 0 Å². The molecule has 0 radical (unpaired) electrons. The van der Waals surface area contributed by atoms with Gasteiger partial charge >= 0.3 is 5.97 Å². The van der Waals surface area contributed by atoms with Gasteiger partial charge in [-0.05, 0) is 36.8 Å². The maximum Gasteiger partial charge on any atom is 0.309 e.